The molecule has 1 rings (SSSR count). The monoisotopic (exact) mass is 247 g/mol. The van der Waals surface area contributed by atoms with E-state index in [-0.39, 0.29) is 0 Å². The predicted molar refractivity (Wildman–Crippen MR) is 61.7 cm³/mol. The molecule has 0 aromatic heterocycles. The van der Waals surface area contributed by atoms with Crippen LogP contribution in [0.15, 0.2) is 29.2 Å². The average molecular weight is 248 g/mol. The van der Waals surface area contributed by atoms with Crippen molar-refractivity contribution >= 4 is 21.6 Å². The number of nitrogens with zero attached hydrogens (tertiary/aromatic N) is 1. The van der Waals surface area contributed by atoms with Crippen LogP contribution in [-0.2, 0) is 10.0 Å². The molecule has 84 valence electrons. The third kappa shape index (κ3) is 2.71. The molecule has 0 aliphatic carbocycles. The Bertz CT molecular complexity index is 431. The lowest BCUT2D eigenvalue weighted by Gasteiger charge is -2.16. The maximum atomic E-state index is 12.0. The third-order valence-corrected chi connectivity index (χ3v) is 4.37. The molecule has 0 amide bonds. The van der Waals surface area contributed by atoms with E-state index in [0.717, 1.165) is 5.56 Å². The summed E-state index contributed by atoms with van der Waals surface area (Å²) in [4.78, 5) is 0.345. The highest BCUT2D eigenvalue weighted by molar-refractivity contribution is 7.89. The van der Waals surface area contributed by atoms with Gasteiger partial charge in [-0.25, -0.2) is 8.42 Å². The average Bonchev–Trinajstić information content (AvgIpc) is 2.18. The number of alkyl halides is 1. The molecule has 0 bridgehead atoms. The molecule has 3 nitrogen and oxygen atoms in total. The molecule has 0 radical (unpaired) electrons. The third-order valence-electron chi connectivity index (χ3n) is 2.18. The molecular formula is C10H14ClNO2S. The van der Waals surface area contributed by atoms with E-state index in [4.69, 9.17) is 11.6 Å². The minimum Gasteiger partial charge on any atom is -0.207 e. The lowest BCUT2D eigenvalue weighted by Crippen LogP contribution is -2.29. The van der Waals surface area contributed by atoms with Gasteiger partial charge in [-0.2, -0.15) is 4.31 Å². The summed E-state index contributed by atoms with van der Waals surface area (Å²) in [7, 11) is -1.85. The fourth-order valence-electron chi connectivity index (χ4n) is 1.25. The quantitative estimate of drug-likeness (QED) is 0.762. The number of hydrogen-bond acceptors (Lipinski definition) is 2. The van der Waals surface area contributed by atoms with Crippen molar-refractivity contribution in [1.82, 2.24) is 4.31 Å². The number of hydrogen-bond donors (Lipinski definition) is 0. The minimum atomic E-state index is -3.38. The van der Waals surface area contributed by atoms with E-state index in [1.807, 2.05) is 6.07 Å². The Hall–Kier alpha value is -0.580. The van der Waals surface area contributed by atoms with Crippen molar-refractivity contribution in [2.45, 2.75) is 11.8 Å². The van der Waals surface area contributed by atoms with Crippen LogP contribution < -0.4 is 0 Å². The largest absolute Gasteiger partial charge is 0.243 e. The van der Waals surface area contributed by atoms with Crippen molar-refractivity contribution in [1.29, 1.82) is 0 Å². The van der Waals surface area contributed by atoms with E-state index in [9.17, 15) is 8.42 Å². The smallest absolute Gasteiger partial charge is 0.207 e. The molecule has 0 saturated carbocycles. The summed E-state index contributed by atoms with van der Waals surface area (Å²) in [5.74, 6) is 0.293. The van der Waals surface area contributed by atoms with Crippen LogP contribution in [0.25, 0.3) is 0 Å². The summed E-state index contributed by atoms with van der Waals surface area (Å²) in [5, 5.41) is 0. The van der Waals surface area contributed by atoms with Gasteiger partial charge in [-0.3, -0.25) is 0 Å². The summed E-state index contributed by atoms with van der Waals surface area (Å²) < 4.78 is 25.3. The second-order valence-electron chi connectivity index (χ2n) is 3.28. The second kappa shape index (κ2) is 4.96. The van der Waals surface area contributed by atoms with Crippen molar-refractivity contribution in [2.75, 3.05) is 19.5 Å². The van der Waals surface area contributed by atoms with Crippen molar-refractivity contribution in [3.05, 3.63) is 29.8 Å². The summed E-state index contributed by atoms with van der Waals surface area (Å²) in [6.07, 6.45) is 0. The number of benzene rings is 1. The first-order valence-corrected chi connectivity index (χ1v) is 6.55. The Balaban J connectivity index is 3.12. The van der Waals surface area contributed by atoms with Gasteiger partial charge in [0.05, 0.1) is 4.90 Å². The van der Waals surface area contributed by atoms with Crippen molar-refractivity contribution in [3.63, 3.8) is 0 Å². The molecule has 0 spiro atoms. The molecule has 15 heavy (non-hydrogen) atoms. The van der Waals surface area contributed by atoms with Gasteiger partial charge in [0.2, 0.25) is 10.0 Å². The van der Waals surface area contributed by atoms with Gasteiger partial charge >= 0.3 is 0 Å². The molecular weight excluding hydrogens is 234 g/mol. The Morgan fingerprint density at radius 2 is 1.93 bits per heavy atom. The molecule has 0 fully saturated rings. The van der Waals surface area contributed by atoms with E-state index in [2.05, 4.69) is 0 Å². The van der Waals surface area contributed by atoms with Crippen LogP contribution >= 0.6 is 11.6 Å². The Kier molecular flexibility index (Phi) is 4.13. The summed E-state index contributed by atoms with van der Waals surface area (Å²) >= 11 is 5.52. The molecule has 0 unspecified atom stereocenters. The normalized spacial score (nSPS) is 12.0. The van der Waals surface area contributed by atoms with Crippen molar-refractivity contribution in [3.8, 4) is 0 Å². The maximum absolute atomic E-state index is 12.0. The van der Waals surface area contributed by atoms with Gasteiger partial charge in [-0.1, -0.05) is 18.2 Å². The molecule has 1 aromatic carbocycles. The van der Waals surface area contributed by atoms with Gasteiger partial charge in [-0.15, -0.1) is 11.6 Å². The zero-order valence-electron chi connectivity index (χ0n) is 8.77. The van der Waals surface area contributed by atoms with E-state index >= 15 is 0 Å². The molecule has 0 aliphatic heterocycles. The van der Waals surface area contributed by atoms with Gasteiger partial charge in [0, 0.05) is 19.5 Å². The Morgan fingerprint density at radius 3 is 2.47 bits per heavy atom. The van der Waals surface area contributed by atoms with Crippen LogP contribution in [0.5, 0.6) is 0 Å². The van der Waals surface area contributed by atoms with E-state index in [1.165, 1.54) is 11.4 Å². The number of rotatable bonds is 4. The lowest BCUT2D eigenvalue weighted by molar-refractivity contribution is 0.487. The second-order valence-corrected chi connectivity index (χ2v) is 5.67. The highest BCUT2D eigenvalue weighted by Gasteiger charge is 2.21. The number of aryl methyl sites for hydroxylation is 1. The van der Waals surface area contributed by atoms with Crippen LogP contribution in [0.1, 0.15) is 5.56 Å². The van der Waals surface area contributed by atoms with Crippen LogP contribution in [0.2, 0.25) is 0 Å². The summed E-state index contributed by atoms with van der Waals surface area (Å²) in [6, 6.07) is 6.92. The SMILES string of the molecule is Cc1ccccc1S(=O)(=O)N(C)CCCl. The summed E-state index contributed by atoms with van der Waals surface area (Å²) in [6.45, 7) is 2.10. The predicted octanol–water partition coefficient (Wildman–Crippen LogP) is 1.85. The van der Waals surface area contributed by atoms with E-state index in [1.54, 1.807) is 25.1 Å². The van der Waals surface area contributed by atoms with Crippen LogP contribution in [-0.4, -0.2) is 32.2 Å². The fraction of sp³-hybridized carbons (Fsp3) is 0.400. The molecule has 5 heteroatoms. The fourth-order valence-corrected chi connectivity index (χ4v) is 3.00. The van der Waals surface area contributed by atoms with Gasteiger partial charge in [0.25, 0.3) is 0 Å². The standard InChI is InChI=1S/C10H14ClNO2S/c1-9-5-3-4-6-10(9)15(13,14)12(2)8-7-11/h3-6H,7-8H2,1-2H3. The first-order valence-electron chi connectivity index (χ1n) is 4.58. The topological polar surface area (TPSA) is 37.4 Å². The van der Waals surface area contributed by atoms with Crippen molar-refractivity contribution in [2.24, 2.45) is 0 Å². The molecule has 0 atom stereocenters. The molecule has 1 aromatic rings. The van der Waals surface area contributed by atoms with Crippen LogP contribution in [0.3, 0.4) is 0 Å². The van der Waals surface area contributed by atoms with Crippen LogP contribution in [0.4, 0.5) is 0 Å². The minimum absolute atomic E-state index is 0.293. The molecule has 0 heterocycles. The van der Waals surface area contributed by atoms with Gasteiger partial charge < -0.3 is 0 Å². The first kappa shape index (κ1) is 12.5. The Labute approximate surface area is 95.7 Å². The number of halogens is 1. The lowest BCUT2D eigenvalue weighted by atomic mass is 10.2. The Morgan fingerprint density at radius 1 is 1.33 bits per heavy atom. The number of sulfonamides is 1. The molecule has 0 saturated heterocycles. The zero-order chi connectivity index (χ0) is 11.5. The first-order chi connectivity index (χ1) is 7.00. The zero-order valence-corrected chi connectivity index (χ0v) is 10.3. The maximum Gasteiger partial charge on any atom is 0.243 e. The van der Waals surface area contributed by atoms with Crippen molar-refractivity contribution < 1.29 is 8.42 Å². The van der Waals surface area contributed by atoms with E-state index in [0.29, 0.717) is 17.3 Å². The van der Waals surface area contributed by atoms with Gasteiger partial charge in [0.1, 0.15) is 0 Å². The molecule has 0 N–H and O–H groups in total. The van der Waals surface area contributed by atoms with Gasteiger partial charge in [0.15, 0.2) is 0 Å². The van der Waals surface area contributed by atoms with Crippen LogP contribution in [0, 0.1) is 6.92 Å². The van der Waals surface area contributed by atoms with E-state index < -0.39 is 10.0 Å². The van der Waals surface area contributed by atoms with Gasteiger partial charge in [-0.05, 0) is 18.6 Å². The molecule has 0 aliphatic rings. The summed E-state index contributed by atoms with van der Waals surface area (Å²) in [5.41, 5.74) is 0.749. The highest BCUT2D eigenvalue weighted by atomic mass is 35.5. The highest BCUT2D eigenvalue weighted by Crippen LogP contribution is 2.17.